The number of amides is 1. The molecule has 0 aliphatic carbocycles. The number of carbonyl (C=O) groups excluding carboxylic acids is 1. The molecule has 2 heterocycles. The lowest BCUT2D eigenvalue weighted by molar-refractivity contribution is 0.0938. The van der Waals surface area contributed by atoms with Crippen LogP contribution in [0, 0.1) is 13.8 Å². The molecule has 0 bridgehead atoms. The quantitative estimate of drug-likeness (QED) is 0.626. The van der Waals surface area contributed by atoms with Crippen molar-refractivity contribution >= 4 is 27.5 Å². The van der Waals surface area contributed by atoms with E-state index in [-0.39, 0.29) is 5.91 Å². The van der Waals surface area contributed by atoms with Gasteiger partial charge in [0.25, 0.3) is 5.91 Å². The van der Waals surface area contributed by atoms with Gasteiger partial charge in [-0.1, -0.05) is 28.1 Å². The zero-order valence-electron chi connectivity index (χ0n) is 15.0. The minimum absolute atomic E-state index is 0.191. The van der Waals surface area contributed by atoms with Crippen LogP contribution in [0.4, 0.5) is 0 Å². The van der Waals surface area contributed by atoms with Gasteiger partial charge in [-0.3, -0.25) is 4.79 Å². The molecule has 136 valence electrons. The number of aromatic nitrogens is 3. The SMILES string of the molecule is COCCNC(=O)c1cnn2c(C)c(Cc3ccc(Br)cc3)c(C)nc12. The lowest BCUT2D eigenvalue weighted by atomic mass is 10.0. The fourth-order valence-electron chi connectivity index (χ4n) is 2.90. The normalized spacial score (nSPS) is 11.1. The average molecular weight is 417 g/mol. The van der Waals surface area contributed by atoms with Crippen LogP contribution in [0.2, 0.25) is 0 Å². The first kappa shape index (κ1) is 18.5. The predicted octanol–water partition coefficient (Wildman–Crippen LogP) is 3.08. The van der Waals surface area contributed by atoms with Crippen molar-refractivity contribution in [1.29, 1.82) is 0 Å². The van der Waals surface area contributed by atoms with Crippen LogP contribution in [-0.2, 0) is 11.2 Å². The number of methoxy groups -OCH3 is 1. The first-order chi connectivity index (χ1) is 12.5. The Morgan fingerprint density at radius 2 is 2.00 bits per heavy atom. The molecule has 0 aliphatic heterocycles. The summed E-state index contributed by atoms with van der Waals surface area (Å²) in [6, 6.07) is 8.24. The molecule has 0 spiro atoms. The van der Waals surface area contributed by atoms with Crippen LogP contribution in [0.1, 0.15) is 32.9 Å². The van der Waals surface area contributed by atoms with E-state index in [2.05, 4.69) is 43.5 Å². The molecule has 1 N–H and O–H groups in total. The van der Waals surface area contributed by atoms with Crippen LogP contribution in [0.3, 0.4) is 0 Å². The molecular weight excluding hydrogens is 396 g/mol. The summed E-state index contributed by atoms with van der Waals surface area (Å²) in [5.41, 5.74) is 5.27. The molecule has 3 rings (SSSR count). The van der Waals surface area contributed by atoms with Crippen molar-refractivity contribution in [3.05, 3.63) is 63.0 Å². The minimum atomic E-state index is -0.191. The van der Waals surface area contributed by atoms with Crippen LogP contribution >= 0.6 is 15.9 Å². The number of halogens is 1. The summed E-state index contributed by atoms with van der Waals surface area (Å²) in [4.78, 5) is 17.0. The zero-order valence-corrected chi connectivity index (χ0v) is 16.6. The molecule has 0 fully saturated rings. The van der Waals surface area contributed by atoms with Crippen molar-refractivity contribution in [3.8, 4) is 0 Å². The van der Waals surface area contributed by atoms with Gasteiger partial charge in [0.05, 0.1) is 12.8 Å². The highest BCUT2D eigenvalue weighted by molar-refractivity contribution is 9.10. The largest absolute Gasteiger partial charge is 0.383 e. The number of hydrogen-bond donors (Lipinski definition) is 1. The van der Waals surface area contributed by atoms with Crippen LogP contribution in [0.15, 0.2) is 34.9 Å². The van der Waals surface area contributed by atoms with Crippen molar-refractivity contribution in [2.75, 3.05) is 20.3 Å². The Bertz CT molecular complexity index is 935. The van der Waals surface area contributed by atoms with Gasteiger partial charge < -0.3 is 10.1 Å². The number of rotatable bonds is 6. The molecule has 3 aromatic rings. The maximum Gasteiger partial charge on any atom is 0.256 e. The van der Waals surface area contributed by atoms with Crippen molar-refractivity contribution in [3.63, 3.8) is 0 Å². The molecule has 26 heavy (non-hydrogen) atoms. The highest BCUT2D eigenvalue weighted by atomic mass is 79.9. The molecule has 0 aliphatic rings. The lowest BCUT2D eigenvalue weighted by Gasteiger charge is -2.12. The van der Waals surface area contributed by atoms with E-state index in [1.165, 1.54) is 5.56 Å². The number of nitrogens with zero attached hydrogens (tertiary/aromatic N) is 3. The Balaban J connectivity index is 1.93. The highest BCUT2D eigenvalue weighted by Crippen LogP contribution is 2.21. The fourth-order valence-corrected chi connectivity index (χ4v) is 3.16. The van der Waals surface area contributed by atoms with E-state index in [1.807, 2.05) is 26.0 Å². The van der Waals surface area contributed by atoms with Gasteiger partial charge in [-0.05, 0) is 37.1 Å². The first-order valence-electron chi connectivity index (χ1n) is 8.36. The summed E-state index contributed by atoms with van der Waals surface area (Å²) in [6.45, 7) is 4.90. The Hall–Kier alpha value is -2.25. The van der Waals surface area contributed by atoms with E-state index in [9.17, 15) is 4.79 Å². The molecule has 0 saturated carbocycles. The van der Waals surface area contributed by atoms with Gasteiger partial charge in [0, 0.05) is 35.9 Å². The second-order valence-electron chi connectivity index (χ2n) is 6.11. The van der Waals surface area contributed by atoms with Crippen LogP contribution in [-0.4, -0.2) is 40.8 Å². The number of ether oxygens (including phenoxy) is 1. The van der Waals surface area contributed by atoms with Gasteiger partial charge in [-0.2, -0.15) is 5.10 Å². The molecule has 1 aromatic carbocycles. The van der Waals surface area contributed by atoms with E-state index in [4.69, 9.17) is 4.74 Å². The van der Waals surface area contributed by atoms with Crippen molar-refractivity contribution in [2.45, 2.75) is 20.3 Å². The summed E-state index contributed by atoms with van der Waals surface area (Å²) in [5.74, 6) is -0.191. The molecular formula is C19H21BrN4O2. The lowest BCUT2D eigenvalue weighted by Crippen LogP contribution is -2.27. The van der Waals surface area contributed by atoms with E-state index in [0.717, 1.165) is 27.8 Å². The summed E-state index contributed by atoms with van der Waals surface area (Å²) < 4.78 is 7.76. The third-order valence-corrected chi connectivity index (χ3v) is 4.87. The Labute approximate surface area is 160 Å². The second-order valence-corrected chi connectivity index (χ2v) is 7.02. The predicted molar refractivity (Wildman–Crippen MR) is 104 cm³/mol. The number of carbonyl (C=O) groups is 1. The van der Waals surface area contributed by atoms with Crippen molar-refractivity contribution in [1.82, 2.24) is 19.9 Å². The molecule has 0 atom stereocenters. The fraction of sp³-hybridized carbons (Fsp3) is 0.316. The van der Waals surface area contributed by atoms with Crippen molar-refractivity contribution < 1.29 is 9.53 Å². The average Bonchev–Trinajstić information content (AvgIpc) is 3.04. The van der Waals surface area contributed by atoms with Gasteiger partial charge in [0.1, 0.15) is 5.56 Å². The number of hydrogen-bond acceptors (Lipinski definition) is 4. The standard InChI is InChI=1S/C19H21BrN4O2/c1-12-16(10-14-4-6-15(20)7-5-14)13(2)24-18(23-12)17(11-22-24)19(25)21-8-9-26-3/h4-7,11H,8-10H2,1-3H3,(H,21,25). The topological polar surface area (TPSA) is 68.5 Å². The summed E-state index contributed by atoms with van der Waals surface area (Å²) in [6.07, 6.45) is 2.34. The maximum absolute atomic E-state index is 12.4. The smallest absolute Gasteiger partial charge is 0.256 e. The summed E-state index contributed by atoms with van der Waals surface area (Å²) in [7, 11) is 1.60. The van der Waals surface area contributed by atoms with Crippen LogP contribution < -0.4 is 5.32 Å². The zero-order chi connectivity index (χ0) is 18.7. The van der Waals surface area contributed by atoms with Gasteiger partial charge >= 0.3 is 0 Å². The van der Waals surface area contributed by atoms with Gasteiger partial charge in [0.2, 0.25) is 0 Å². The Morgan fingerprint density at radius 1 is 1.27 bits per heavy atom. The number of nitrogens with one attached hydrogen (secondary N) is 1. The van der Waals surface area contributed by atoms with Crippen LogP contribution in [0.5, 0.6) is 0 Å². The van der Waals surface area contributed by atoms with E-state index in [1.54, 1.807) is 17.8 Å². The molecule has 2 aromatic heterocycles. The van der Waals surface area contributed by atoms with Gasteiger partial charge in [0.15, 0.2) is 5.65 Å². The monoisotopic (exact) mass is 416 g/mol. The Kier molecular flexibility index (Phi) is 5.68. The van der Waals surface area contributed by atoms with E-state index >= 15 is 0 Å². The third-order valence-electron chi connectivity index (χ3n) is 4.34. The number of fused-ring (bicyclic) bond motifs is 1. The van der Waals surface area contributed by atoms with Gasteiger partial charge in [-0.25, -0.2) is 9.50 Å². The van der Waals surface area contributed by atoms with Crippen molar-refractivity contribution in [2.24, 2.45) is 0 Å². The minimum Gasteiger partial charge on any atom is -0.383 e. The first-order valence-corrected chi connectivity index (χ1v) is 9.16. The highest BCUT2D eigenvalue weighted by Gasteiger charge is 2.18. The summed E-state index contributed by atoms with van der Waals surface area (Å²) in [5, 5.41) is 7.19. The number of benzene rings is 1. The van der Waals surface area contributed by atoms with E-state index in [0.29, 0.717) is 24.4 Å². The molecule has 6 nitrogen and oxygen atoms in total. The van der Waals surface area contributed by atoms with Gasteiger partial charge in [-0.15, -0.1) is 0 Å². The third kappa shape index (κ3) is 3.78. The Morgan fingerprint density at radius 3 is 2.69 bits per heavy atom. The maximum atomic E-state index is 12.4. The number of aryl methyl sites for hydroxylation is 2. The molecule has 0 radical (unpaired) electrons. The molecule has 7 heteroatoms. The summed E-state index contributed by atoms with van der Waals surface area (Å²) >= 11 is 3.46. The molecule has 0 unspecified atom stereocenters. The van der Waals surface area contributed by atoms with E-state index < -0.39 is 0 Å². The molecule has 0 saturated heterocycles. The second kappa shape index (κ2) is 7.97. The van der Waals surface area contributed by atoms with Crippen LogP contribution in [0.25, 0.3) is 5.65 Å². The molecule has 1 amide bonds.